The van der Waals surface area contributed by atoms with Gasteiger partial charge in [0.1, 0.15) is 12.4 Å². The molecule has 3 aromatic rings. The van der Waals surface area contributed by atoms with Crippen molar-refractivity contribution in [1.82, 2.24) is 15.5 Å². The number of anilines is 2. The second-order valence-corrected chi connectivity index (χ2v) is 6.35. The molecular formula is C20H21FN4O2. The van der Waals surface area contributed by atoms with Gasteiger partial charge in [0.25, 0.3) is 0 Å². The molecule has 0 spiro atoms. The summed E-state index contributed by atoms with van der Waals surface area (Å²) in [6, 6.07) is 10.3. The van der Waals surface area contributed by atoms with Crippen LogP contribution in [0.5, 0.6) is 11.5 Å². The molecule has 0 unspecified atom stereocenters. The molecule has 4 rings (SSSR count). The van der Waals surface area contributed by atoms with Crippen molar-refractivity contribution in [3.8, 4) is 22.8 Å². The molecule has 1 aromatic heterocycles. The second kappa shape index (κ2) is 7.28. The smallest absolute Gasteiger partial charge is 0.161 e. The number of hydrogen-bond acceptors (Lipinski definition) is 5. The predicted octanol–water partition coefficient (Wildman–Crippen LogP) is 3.47. The highest BCUT2D eigenvalue weighted by Crippen LogP contribution is 2.44. The normalized spacial score (nSPS) is 11.8. The second-order valence-electron chi connectivity index (χ2n) is 6.35. The van der Waals surface area contributed by atoms with Crippen LogP contribution in [0.3, 0.4) is 0 Å². The number of benzene rings is 2. The average molecular weight is 368 g/mol. The topological polar surface area (TPSA) is 71.2 Å². The molecule has 0 radical (unpaired) electrons. The Morgan fingerprint density at radius 3 is 2.89 bits per heavy atom. The van der Waals surface area contributed by atoms with Gasteiger partial charge in [-0.25, -0.2) is 4.39 Å². The largest absolute Gasteiger partial charge is 0.493 e. The SMILES string of the molecule is CNCCOc1cc2c(cc1OC)Cc1c(Nc3cccc(F)c3)n[nH]c1-2. The van der Waals surface area contributed by atoms with Crippen LogP contribution in [0.15, 0.2) is 36.4 Å². The Bertz CT molecular complexity index is 971. The number of ether oxygens (including phenoxy) is 2. The van der Waals surface area contributed by atoms with Crippen LogP contribution >= 0.6 is 0 Å². The summed E-state index contributed by atoms with van der Waals surface area (Å²) in [5.41, 5.74) is 4.84. The van der Waals surface area contributed by atoms with Crippen LogP contribution in [0.1, 0.15) is 11.1 Å². The lowest BCUT2D eigenvalue weighted by Crippen LogP contribution is -2.16. The van der Waals surface area contributed by atoms with E-state index in [1.165, 1.54) is 12.1 Å². The quantitative estimate of drug-likeness (QED) is 0.436. The third-order valence-corrected chi connectivity index (χ3v) is 4.59. The van der Waals surface area contributed by atoms with Crippen LogP contribution in [0.2, 0.25) is 0 Å². The lowest BCUT2D eigenvalue weighted by Gasteiger charge is -2.13. The highest BCUT2D eigenvalue weighted by atomic mass is 19.1. The first-order chi connectivity index (χ1) is 13.2. The molecule has 0 saturated heterocycles. The Hall–Kier alpha value is -3.06. The Labute approximate surface area is 156 Å². The highest BCUT2D eigenvalue weighted by molar-refractivity contribution is 5.81. The molecule has 1 aliphatic rings. The number of nitrogens with one attached hydrogen (secondary N) is 3. The molecule has 0 fully saturated rings. The number of hydrogen-bond donors (Lipinski definition) is 3. The Morgan fingerprint density at radius 1 is 1.22 bits per heavy atom. The van der Waals surface area contributed by atoms with Gasteiger partial charge >= 0.3 is 0 Å². The van der Waals surface area contributed by atoms with E-state index < -0.39 is 0 Å². The minimum Gasteiger partial charge on any atom is -0.493 e. The molecule has 0 atom stereocenters. The van der Waals surface area contributed by atoms with E-state index in [9.17, 15) is 4.39 Å². The summed E-state index contributed by atoms with van der Waals surface area (Å²) in [6.45, 7) is 1.30. The molecule has 1 heterocycles. The van der Waals surface area contributed by atoms with E-state index in [1.54, 1.807) is 13.2 Å². The van der Waals surface area contributed by atoms with Crippen molar-refractivity contribution in [2.24, 2.45) is 0 Å². The zero-order chi connectivity index (χ0) is 18.8. The van der Waals surface area contributed by atoms with Gasteiger partial charge in [0.2, 0.25) is 0 Å². The fraction of sp³-hybridized carbons (Fsp3) is 0.250. The molecule has 27 heavy (non-hydrogen) atoms. The maximum absolute atomic E-state index is 13.4. The molecular weight excluding hydrogens is 347 g/mol. The van der Waals surface area contributed by atoms with Crippen LogP contribution in [0, 0.1) is 5.82 Å². The van der Waals surface area contributed by atoms with Gasteiger partial charge in [-0.1, -0.05) is 6.07 Å². The number of likely N-dealkylation sites (N-methyl/N-ethyl adjacent to an activating group) is 1. The van der Waals surface area contributed by atoms with Crippen molar-refractivity contribution in [2.45, 2.75) is 6.42 Å². The average Bonchev–Trinajstić information content (AvgIpc) is 3.21. The molecule has 0 saturated carbocycles. The van der Waals surface area contributed by atoms with E-state index in [1.807, 2.05) is 25.2 Å². The van der Waals surface area contributed by atoms with Crippen molar-refractivity contribution in [2.75, 3.05) is 32.6 Å². The Kier molecular flexibility index (Phi) is 4.68. The van der Waals surface area contributed by atoms with Gasteiger partial charge in [0.15, 0.2) is 17.3 Å². The Balaban J connectivity index is 1.63. The lowest BCUT2D eigenvalue weighted by atomic mass is 10.1. The van der Waals surface area contributed by atoms with E-state index in [2.05, 4.69) is 20.8 Å². The van der Waals surface area contributed by atoms with Gasteiger partial charge in [-0.2, -0.15) is 5.10 Å². The minimum atomic E-state index is -0.288. The number of nitrogens with zero attached hydrogens (tertiary/aromatic N) is 1. The van der Waals surface area contributed by atoms with Crippen molar-refractivity contribution < 1.29 is 13.9 Å². The molecule has 0 aliphatic heterocycles. The minimum absolute atomic E-state index is 0.288. The van der Waals surface area contributed by atoms with E-state index in [-0.39, 0.29) is 5.82 Å². The molecule has 6 nitrogen and oxygen atoms in total. The molecule has 2 aromatic carbocycles. The van der Waals surface area contributed by atoms with Gasteiger partial charge in [-0.3, -0.25) is 5.10 Å². The molecule has 7 heteroatoms. The molecule has 140 valence electrons. The van der Waals surface area contributed by atoms with Crippen molar-refractivity contribution in [3.63, 3.8) is 0 Å². The van der Waals surface area contributed by atoms with Gasteiger partial charge in [0.05, 0.1) is 12.8 Å². The molecule has 1 aliphatic carbocycles. The maximum Gasteiger partial charge on any atom is 0.161 e. The zero-order valence-corrected chi connectivity index (χ0v) is 15.2. The van der Waals surface area contributed by atoms with Crippen LogP contribution < -0.4 is 20.1 Å². The summed E-state index contributed by atoms with van der Waals surface area (Å²) in [4.78, 5) is 0. The standard InChI is InChI=1S/C20H21FN4O2/c1-22-6-7-27-18-11-15-12(9-17(18)26-2)8-16-19(15)24-25-20(16)23-14-5-3-4-13(21)10-14/h3-5,9-11,22H,6-8H2,1-2H3,(H2,23,24,25). The number of methoxy groups -OCH3 is 1. The van der Waals surface area contributed by atoms with Gasteiger partial charge in [-0.05, 0) is 42.9 Å². The summed E-state index contributed by atoms with van der Waals surface area (Å²) in [5, 5.41) is 13.7. The number of aromatic nitrogens is 2. The monoisotopic (exact) mass is 368 g/mol. The van der Waals surface area contributed by atoms with Crippen molar-refractivity contribution >= 4 is 11.5 Å². The van der Waals surface area contributed by atoms with Crippen LogP contribution in [0.25, 0.3) is 11.3 Å². The van der Waals surface area contributed by atoms with Crippen LogP contribution in [0.4, 0.5) is 15.9 Å². The third-order valence-electron chi connectivity index (χ3n) is 4.59. The highest BCUT2D eigenvalue weighted by Gasteiger charge is 2.27. The summed E-state index contributed by atoms with van der Waals surface area (Å²) >= 11 is 0. The first kappa shape index (κ1) is 17.4. The summed E-state index contributed by atoms with van der Waals surface area (Å²) < 4.78 is 24.8. The maximum atomic E-state index is 13.4. The van der Waals surface area contributed by atoms with E-state index in [4.69, 9.17) is 9.47 Å². The predicted molar refractivity (Wildman–Crippen MR) is 102 cm³/mol. The zero-order valence-electron chi connectivity index (χ0n) is 15.2. The first-order valence-electron chi connectivity index (χ1n) is 8.78. The third kappa shape index (κ3) is 3.33. The number of fused-ring (bicyclic) bond motifs is 3. The van der Waals surface area contributed by atoms with Crippen LogP contribution in [-0.4, -0.2) is 37.5 Å². The van der Waals surface area contributed by atoms with E-state index >= 15 is 0 Å². The number of aromatic amines is 1. The number of halogens is 1. The fourth-order valence-corrected chi connectivity index (χ4v) is 3.27. The fourth-order valence-electron chi connectivity index (χ4n) is 3.27. The van der Waals surface area contributed by atoms with E-state index in [0.717, 1.165) is 28.9 Å². The lowest BCUT2D eigenvalue weighted by molar-refractivity contribution is 0.295. The van der Waals surface area contributed by atoms with Gasteiger partial charge < -0.3 is 20.1 Å². The van der Waals surface area contributed by atoms with Gasteiger partial charge in [0, 0.05) is 29.8 Å². The van der Waals surface area contributed by atoms with Crippen molar-refractivity contribution in [1.29, 1.82) is 0 Å². The first-order valence-corrected chi connectivity index (χ1v) is 8.78. The summed E-state index contributed by atoms with van der Waals surface area (Å²) in [6.07, 6.45) is 0.714. The molecule has 0 bridgehead atoms. The Morgan fingerprint density at radius 2 is 2.11 bits per heavy atom. The molecule has 0 amide bonds. The number of H-pyrrole nitrogens is 1. The van der Waals surface area contributed by atoms with Gasteiger partial charge in [-0.15, -0.1) is 0 Å². The number of rotatable bonds is 7. The summed E-state index contributed by atoms with van der Waals surface area (Å²) in [5.74, 6) is 1.82. The summed E-state index contributed by atoms with van der Waals surface area (Å²) in [7, 11) is 3.52. The van der Waals surface area contributed by atoms with Crippen molar-refractivity contribution in [3.05, 3.63) is 53.3 Å². The van der Waals surface area contributed by atoms with Crippen LogP contribution in [-0.2, 0) is 6.42 Å². The van der Waals surface area contributed by atoms with E-state index in [0.29, 0.717) is 36.0 Å². The molecule has 3 N–H and O–H groups in total.